The van der Waals surface area contributed by atoms with Gasteiger partial charge in [-0.3, -0.25) is 4.79 Å². The number of amides is 1. The minimum atomic E-state index is 0.0559. The number of carbonyl (C=O) groups is 1. The summed E-state index contributed by atoms with van der Waals surface area (Å²) in [5, 5.41) is 6.35. The van der Waals surface area contributed by atoms with Gasteiger partial charge < -0.3 is 15.0 Å². The van der Waals surface area contributed by atoms with Gasteiger partial charge in [0.05, 0.1) is 7.11 Å². The van der Waals surface area contributed by atoms with E-state index in [1.807, 2.05) is 34.5 Å². The minimum Gasteiger partial charge on any atom is -0.497 e. The lowest BCUT2D eigenvalue weighted by Crippen LogP contribution is -2.39. The largest absolute Gasteiger partial charge is 0.497 e. The number of hydrogen-bond acceptors (Lipinski definition) is 5. The molecule has 126 valence electrons. The lowest BCUT2D eigenvalue weighted by Gasteiger charge is -2.23. The fourth-order valence-corrected chi connectivity index (χ4v) is 4.33. The van der Waals surface area contributed by atoms with Gasteiger partial charge in [-0.05, 0) is 43.5 Å². The average Bonchev–Trinajstić information content (AvgIpc) is 3.21. The zero-order chi connectivity index (χ0) is 16.5. The van der Waals surface area contributed by atoms with E-state index in [4.69, 9.17) is 4.74 Å². The predicted octanol–water partition coefficient (Wildman–Crippen LogP) is 2.79. The number of fused-ring (bicyclic) bond motifs is 2. The number of nitrogens with zero attached hydrogens (tertiary/aromatic N) is 2. The molecule has 4 rings (SSSR count). The summed E-state index contributed by atoms with van der Waals surface area (Å²) in [7, 11) is 1.65. The van der Waals surface area contributed by atoms with Crippen LogP contribution in [0, 0.1) is 0 Å². The van der Waals surface area contributed by atoms with Crippen molar-refractivity contribution in [3.05, 3.63) is 35.3 Å². The molecule has 0 spiro atoms. The lowest BCUT2D eigenvalue weighted by atomic mass is 10.1. The SMILES string of the molecule is COc1ccc(-c2nc(C(=O)N3CCC4CCC(C3)N4)cs2)cc1. The van der Waals surface area contributed by atoms with Crippen LogP contribution in [0.2, 0.25) is 0 Å². The lowest BCUT2D eigenvalue weighted by molar-refractivity contribution is 0.0743. The normalized spacial score (nSPS) is 23.1. The van der Waals surface area contributed by atoms with Crippen LogP contribution in [0.15, 0.2) is 29.6 Å². The van der Waals surface area contributed by atoms with Crippen LogP contribution in [-0.2, 0) is 0 Å². The number of hydrogen-bond donors (Lipinski definition) is 1. The minimum absolute atomic E-state index is 0.0559. The van der Waals surface area contributed by atoms with Crippen molar-refractivity contribution in [3.8, 4) is 16.3 Å². The van der Waals surface area contributed by atoms with E-state index in [0.29, 0.717) is 17.8 Å². The number of methoxy groups -OCH3 is 1. The number of likely N-dealkylation sites (tertiary alicyclic amines) is 1. The Bertz CT molecular complexity index is 728. The van der Waals surface area contributed by atoms with Crippen molar-refractivity contribution in [3.63, 3.8) is 0 Å². The molecule has 5 nitrogen and oxygen atoms in total. The van der Waals surface area contributed by atoms with Crippen LogP contribution in [0.4, 0.5) is 0 Å². The molecule has 1 N–H and O–H groups in total. The van der Waals surface area contributed by atoms with Gasteiger partial charge in [0.2, 0.25) is 0 Å². The van der Waals surface area contributed by atoms with Gasteiger partial charge in [-0.15, -0.1) is 11.3 Å². The fraction of sp³-hybridized carbons (Fsp3) is 0.444. The Morgan fingerprint density at radius 3 is 2.83 bits per heavy atom. The topological polar surface area (TPSA) is 54.5 Å². The predicted molar refractivity (Wildman–Crippen MR) is 94.6 cm³/mol. The van der Waals surface area contributed by atoms with Crippen molar-refractivity contribution in [2.45, 2.75) is 31.3 Å². The molecule has 2 fully saturated rings. The van der Waals surface area contributed by atoms with E-state index in [2.05, 4.69) is 10.3 Å². The highest BCUT2D eigenvalue weighted by Gasteiger charge is 2.32. The van der Waals surface area contributed by atoms with Crippen LogP contribution in [0.3, 0.4) is 0 Å². The van der Waals surface area contributed by atoms with Gasteiger partial charge in [0, 0.05) is 36.1 Å². The summed E-state index contributed by atoms with van der Waals surface area (Å²) in [6.45, 7) is 1.62. The molecular weight excluding hydrogens is 322 g/mol. The molecule has 3 heterocycles. The van der Waals surface area contributed by atoms with E-state index in [9.17, 15) is 4.79 Å². The zero-order valence-corrected chi connectivity index (χ0v) is 14.5. The summed E-state index contributed by atoms with van der Waals surface area (Å²) < 4.78 is 5.18. The smallest absolute Gasteiger partial charge is 0.273 e. The number of aromatic nitrogens is 1. The first kappa shape index (κ1) is 15.6. The Kier molecular flexibility index (Phi) is 4.24. The number of benzene rings is 1. The molecule has 2 aliphatic rings. The Labute approximate surface area is 145 Å². The second-order valence-electron chi connectivity index (χ2n) is 6.44. The summed E-state index contributed by atoms with van der Waals surface area (Å²) >= 11 is 1.51. The number of rotatable bonds is 3. The number of carbonyl (C=O) groups excluding carboxylic acids is 1. The van der Waals surface area contributed by atoms with Crippen molar-refractivity contribution in [2.75, 3.05) is 20.2 Å². The van der Waals surface area contributed by atoms with Crippen molar-refractivity contribution >= 4 is 17.2 Å². The first-order valence-corrected chi connectivity index (χ1v) is 9.26. The summed E-state index contributed by atoms with van der Waals surface area (Å²) in [5.41, 5.74) is 1.57. The first-order chi connectivity index (χ1) is 11.7. The van der Waals surface area contributed by atoms with Crippen LogP contribution < -0.4 is 10.1 Å². The van der Waals surface area contributed by atoms with Gasteiger partial charge in [-0.25, -0.2) is 4.98 Å². The molecule has 0 radical (unpaired) electrons. The van der Waals surface area contributed by atoms with E-state index < -0.39 is 0 Å². The molecule has 1 aromatic carbocycles. The summed E-state index contributed by atoms with van der Waals surface area (Å²) in [5.74, 6) is 0.874. The third-order valence-electron chi connectivity index (χ3n) is 4.87. The number of nitrogens with one attached hydrogen (secondary N) is 1. The van der Waals surface area contributed by atoms with Crippen molar-refractivity contribution < 1.29 is 9.53 Å². The maximum Gasteiger partial charge on any atom is 0.273 e. The second-order valence-corrected chi connectivity index (χ2v) is 7.30. The molecule has 0 aliphatic carbocycles. The second kappa shape index (κ2) is 6.53. The van der Waals surface area contributed by atoms with E-state index in [1.54, 1.807) is 7.11 Å². The molecule has 2 aliphatic heterocycles. The molecule has 0 saturated carbocycles. The van der Waals surface area contributed by atoms with Crippen LogP contribution in [0.1, 0.15) is 29.8 Å². The van der Waals surface area contributed by atoms with Gasteiger partial charge >= 0.3 is 0 Å². The maximum absolute atomic E-state index is 12.8. The Morgan fingerprint density at radius 1 is 1.25 bits per heavy atom. The molecule has 2 atom stereocenters. The van der Waals surface area contributed by atoms with Crippen LogP contribution in [0.25, 0.3) is 10.6 Å². The molecule has 2 unspecified atom stereocenters. The van der Waals surface area contributed by atoms with E-state index in [0.717, 1.165) is 35.8 Å². The van der Waals surface area contributed by atoms with Crippen LogP contribution in [0.5, 0.6) is 5.75 Å². The summed E-state index contributed by atoms with van der Waals surface area (Å²) in [6.07, 6.45) is 3.45. The highest BCUT2D eigenvalue weighted by Crippen LogP contribution is 2.27. The van der Waals surface area contributed by atoms with Gasteiger partial charge in [-0.2, -0.15) is 0 Å². The molecule has 1 amide bonds. The van der Waals surface area contributed by atoms with E-state index in [1.165, 1.54) is 24.2 Å². The maximum atomic E-state index is 12.8. The molecule has 1 aromatic heterocycles. The Morgan fingerprint density at radius 2 is 2.04 bits per heavy atom. The Balaban J connectivity index is 1.50. The van der Waals surface area contributed by atoms with Crippen molar-refractivity contribution in [1.29, 1.82) is 0 Å². The molecular formula is C18H21N3O2S. The first-order valence-electron chi connectivity index (χ1n) is 8.38. The fourth-order valence-electron chi connectivity index (χ4n) is 3.53. The highest BCUT2D eigenvalue weighted by atomic mass is 32.1. The molecule has 6 heteroatoms. The molecule has 2 bridgehead atoms. The van der Waals surface area contributed by atoms with Crippen LogP contribution >= 0.6 is 11.3 Å². The monoisotopic (exact) mass is 343 g/mol. The standard InChI is InChI=1S/C18H21N3O2S/c1-23-15-6-2-12(3-7-15)17-20-16(11-24-17)18(22)21-9-8-13-4-5-14(10-21)19-13/h2-3,6-7,11,13-14,19H,4-5,8-10H2,1H3. The van der Waals surface area contributed by atoms with E-state index in [-0.39, 0.29) is 5.91 Å². The third-order valence-corrected chi connectivity index (χ3v) is 5.76. The molecule has 2 saturated heterocycles. The van der Waals surface area contributed by atoms with E-state index >= 15 is 0 Å². The van der Waals surface area contributed by atoms with Gasteiger partial charge in [-0.1, -0.05) is 0 Å². The highest BCUT2D eigenvalue weighted by molar-refractivity contribution is 7.13. The summed E-state index contributed by atoms with van der Waals surface area (Å²) in [6, 6.07) is 8.80. The Hall–Kier alpha value is -1.92. The van der Waals surface area contributed by atoms with Gasteiger partial charge in [0.1, 0.15) is 16.5 Å². The number of thiazole rings is 1. The quantitative estimate of drug-likeness (QED) is 0.931. The molecule has 24 heavy (non-hydrogen) atoms. The molecule has 2 aromatic rings. The number of ether oxygens (including phenoxy) is 1. The zero-order valence-electron chi connectivity index (χ0n) is 13.7. The van der Waals surface area contributed by atoms with Crippen molar-refractivity contribution in [2.24, 2.45) is 0 Å². The average molecular weight is 343 g/mol. The third kappa shape index (κ3) is 3.03. The van der Waals surface area contributed by atoms with Gasteiger partial charge in [0.15, 0.2) is 0 Å². The van der Waals surface area contributed by atoms with Crippen LogP contribution in [-0.4, -0.2) is 48.1 Å². The van der Waals surface area contributed by atoms with Gasteiger partial charge in [0.25, 0.3) is 5.91 Å². The van der Waals surface area contributed by atoms with Crippen molar-refractivity contribution in [1.82, 2.24) is 15.2 Å². The summed E-state index contributed by atoms with van der Waals surface area (Å²) in [4.78, 5) is 19.3.